The number of amides is 2. The van der Waals surface area contributed by atoms with Crippen molar-refractivity contribution in [2.24, 2.45) is 4.99 Å². The summed E-state index contributed by atoms with van der Waals surface area (Å²) in [5, 5.41) is 1.72. The Bertz CT molecular complexity index is 725. The minimum atomic E-state index is -0.330. The molecule has 5 nitrogen and oxygen atoms in total. The maximum absolute atomic E-state index is 11.6. The van der Waals surface area contributed by atoms with Gasteiger partial charge in [0.05, 0.1) is 18.4 Å². The van der Waals surface area contributed by atoms with Gasteiger partial charge in [-0.3, -0.25) is 19.9 Å². The Morgan fingerprint density at radius 3 is 2.77 bits per heavy atom. The van der Waals surface area contributed by atoms with Crippen LogP contribution in [0.2, 0.25) is 0 Å². The van der Waals surface area contributed by atoms with Crippen molar-refractivity contribution < 1.29 is 14.3 Å². The number of allylic oxidation sites excluding steroid dienone is 1. The van der Waals surface area contributed by atoms with E-state index in [0.717, 1.165) is 55.3 Å². The number of nitrogens with one attached hydrogen (secondary N) is 1. The highest BCUT2D eigenvalue weighted by molar-refractivity contribution is 8.15. The van der Waals surface area contributed by atoms with Crippen LogP contribution in [0, 0.1) is 0 Å². The normalized spacial score (nSPS) is 20.3. The molecule has 0 bridgehead atoms. The Kier molecular flexibility index (Phi) is 6.50. The molecule has 1 aromatic carbocycles. The first-order chi connectivity index (χ1) is 12.6. The number of aliphatic imine (C=N–C) groups is 1. The van der Waals surface area contributed by atoms with E-state index in [2.05, 4.69) is 18.3 Å². The van der Waals surface area contributed by atoms with Gasteiger partial charge in [-0.1, -0.05) is 42.5 Å². The number of rotatable bonds is 7. The summed E-state index contributed by atoms with van der Waals surface area (Å²) in [6.45, 7) is 3.62. The largest absolute Gasteiger partial charge is 0.493 e. The molecule has 1 saturated heterocycles. The molecule has 0 saturated carbocycles. The zero-order valence-electron chi connectivity index (χ0n) is 15.0. The van der Waals surface area contributed by atoms with Gasteiger partial charge in [0.1, 0.15) is 5.75 Å². The van der Waals surface area contributed by atoms with Gasteiger partial charge in [0.15, 0.2) is 0 Å². The molecule has 1 atom stereocenters. The molecule has 0 radical (unpaired) electrons. The van der Waals surface area contributed by atoms with Gasteiger partial charge < -0.3 is 4.74 Å². The zero-order valence-corrected chi connectivity index (χ0v) is 15.8. The summed E-state index contributed by atoms with van der Waals surface area (Å²) in [5.41, 5.74) is 3.67. The minimum absolute atomic E-state index is 0.203. The van der Waals surface area contributed by atoms with Gasteiger partial charge in [0.2, 0.25) is 5.91 Å². The molecule has 0 aromatic heterocycles. The fourth-order valence-electron chi connectivity index (χ4n) is 3.01. The van der Waals surface area contributed by atoms with Crippen molar-refractivity contribution in [1.29, 1.82) is 0 Å². The van der Waals surface area contributed by atoms with E-state index in [1.54, 1.807) is 0 Å². The smallest absolute Gasteiger partial charge is 0.286 e. The minimum Gasteiger partial charge on any atom is -0.493 e. The number of hydrogen-bond acceptors (Lipinski definition) is 5. The third-order valence-corrected chi connectivity index (χ3v) is 5.58. The van der Waals surface area contributed by atoms with Crippen LogP contribution in [0.5, 0.6) is 5.75 Å². The number of imide groups is 1. The Labute approximate surface area is 158 Å². The first kappa shape index (κ1) is 18.7. The molecular formula is C20H24N2O3S. The van der Waals surface area contributed by atoms with Crippen LogP contribution in [-0.4, -0.2) is 35.3 Å². The predicted octanol–water partition coefficient (Wildman–Crippen LogP) is 3.92. The predicted molar refractivity (Wildman–Crippen MR) is 105 cm³/mol. The molecule has 0 spiro atoms. The SMILES string of the molecule is CCC1=CCCC(CCOc2ccc(CC3SC(=O)NC3=O)cc2)=NC1. The molecule has 1 N–H and O–H groups in total. The Morgan fingerprint density at radius 2 is 2.08 bits per heavy atom. The Balaban J connectivity index is 1.44. The van der Waals surface area contributed by atoms with Crippen molar-refractivity contribution in [2.45, 2.75) is 44.3 Å². The molecular weight excluding hydrogens is 348 g/mol. The number of carbonyl (C=O) groups is 2. The molecule has 1 unspecified atom stereocenters. The molecule has 0 aliphatic carbocycles. The summed E-state index contributed by atoms with van der Waals surface area (Å²) in [5.74, 6) is 0.611. The molecule has 2 heterocycles. The lowest BCUT2D eigenvalue weighted by molar-refractivity contribution is -0.118. The highest BCUT2D eigenvalue weighted by Gasteiger charge is 2.31. The fourth-order valence-corrected chi connectivity index (χ4v) is 3.87. The number of benzene rings is 1. The van der Waals surface area contributed by atoms with Crippen LogP contribution in [0.3, 0.4) is 0 Å². The number of thioether (sulfide) groups is 1. The average Bonchev–Trinajstić information content (AvgIpc) is 2.83. The monoisotopic (exact) mass is 372 g/mol. The van der Waals surface area contributed by atoms with Crippen molar-refractivity contribution in [2.75, 3.05) is 13.2 Å². The second-order valence-electron chi connectivity index (χ2n) is 6.47. The molecule has 2 amide bonds. The van der Waals surface area contributed by atoms with Crippen molar-refractivity contribution in [3.05, 3.63) is 41.5 Å². The van der Waals surface area contributed by atoms with Crippen LogP contribution in [0.4, 0.5) is 4.79 Å². The lowest BCUT2D eigenvalue weighted by atomic mass is 10.1. The maximum Gasteiger partial charge on any atom is 0.286 e. The van der Waals surface area contributed by atoms with Gasteiger partial charge in [0.25, 0.3) is 5.24 Å². The second kappa shape index (κ2) is 9.03. The summed E-state index contributed by atoms with van der Waals surface area (Å²) in [6.07, 6.45) is 6.89. The van der Waals surface area contributed by atoms with Crippen LogP contribution in [0.25, 0.3) is 0 Å². The van der Waals surface area contributed by atoms with E-state index in [1.165, 1.54) is 11.3 Å². The lowest BCUT2D eigenvalue weighted by Gasteiger charge is -2.09. The Hall–Kier alpha value is -2.08. The first-order valence-corrected chi connectivity index (χ1v) is 9.95. The number of ether oxygens (including phenoxy) is 1. The topological polar surface area (TPSA) is 67.8 Å². The van der Waals surface area contributed by atoms with Gasteiger partial charge in [-0.15, -0.1) is 0 Å². The van der Waals surface area contributed by atoms with Crippen LogP contribution in [0.15, 0.2) is 40.9 Å². The van der Waals surface area contributed by atoms with Gasteiger partial charge >= 0.3 is 0 Å². The number of hydrogen-bond donors (Lipinski definition) is 1. The highest BCUT2D eigenvalue weighted by atomic mass is 32.2. The molecule has 1 aromatic rings. The van der Waals surface area contributed by atoms with Crippen molar-refractivity contribution in [1.82, 2.24) is 5.32 Å². The summed E-state index contributed by atoms with van der Waals surface area (Å²) in [6, 6.07) is 7.74. The Morgan fingerprint density at radius 1 is 1.27 bits per heavy atom. The molecule has 1 fully saturated rings. The van der Waals surface area contributed by atoms with E-state index in [-0.39, 0.29) is 16.4 Å². The van der Waals surface area contributed by atoms with Crippen molar-refractivity contribution >= 4 is 28.6 Å². The van der Waals surface area contributed by atoms with Gasteiger partial charge in [-0.25, -0.2) is 0 Å². The molecule has 138 valence electrons. The molecule has 2 aliphatic rings. The maximum atomic E-state index is 11.6. The van der Waals surface area contributed by atoms with Crippen molar-refractivity contribution in [3.63, 3.8) is 0 Å². The third kappa shape index (κ3) is 5.21. The van der Waals surface area contributed by atoms with E-state index in [9.17, 15) is 9.59 Å². The van der Waals surface area contributed by atoms with E-state index < -0.39 is 0 Å². The van der Waals surface area contributed by atoms with Gasteiger partial charge in [-0.05, 0) is 43.4 Å². The summed E-state index contributed by atoms with van der Waals surface area (Å²) >= 11 is 1.06. The molecule has 3 rings (SSSR count). The van der Waals surface area contributed by atoms with E-state index >= 15 is 0 Å². The van der Waals surface area contributed by atoms with Crippen LogP contribution < -0.4 is 10.1 Å². The van der Waals surface area contributed by atoms with E-state index in [1.807, 2.05) is 24.3 Å². The zero-order chi connectivity index (χ0) is 18.4. The number of nitrogens with zero attached hydrogens (tertiary/aromatic N) is 1. The summed E-state index contributed by atoms with van der Waals surface area (Å²) < 4.78 is 5.83. The molecule has 26 heavy (non-hydrogen) atoms. The summed E-state index contributed by atoms with van der Waals surface area (Å²) in [7, 11) is 0. The van der Waals surface area contributed by atoms with Crippen LogP contribution >= 0.6 is 11.8 Å². The highest BCUT2D eigenvalue weighted by Crippen LogP contribution is 2.24. The number of carbonyl (C=O) groups excluding carboxylic acids is 2. The molecule has 6 heteroatoms. The molecule has 2 aliphatic heterocycles. The first-order valence-electron chi connectivity index (χ1n) is 9.07. The van der Waals surface area contributed by atoms with Crippen LogP contribution in [0.1, 0.15) is 38.2 Å². The van der Waals surface area contributed by atoms with Gasteiger partial charge in [-0.2, -0.15) is 0 Å². The van der Waals surface area contributed by atoms with E-state index in [0.29, 0.717) is 13.0 Å². The fraction of sp³-hybridized carbons (Fsp3) is 0.450. The second-order valence-corrected chi connectivity index (χ2v) is 7.64. The van der Waals surface area contributed by atoms with E-state index in [4.69, 9.17) is 9.73 Å². The summed E-state index contributed by atoms with van der Waals surface area (Å²) in [4.78, 5) is 27.5. The quantitative estimate of drug-likeness (QED) is 0.737. The van der Waals surface area contributed by atoms with Crippen LogP contribution in [-0.2, 0) is 11.2 Å². The third-order valence-electron chi connectivity index (χ3n) is 4.60. The average molecular weight is 372 g/mol. The lowest BCUT2D eigenvalue weighted by Crippen LogP contribution is -2.25. The van der Waals surface area contributed by atoms with Crippen molar-refractivity contribution in [3.8, 4) is 5.75 Å². The van der Waals surface area contributed by atoms with Gasteiger partial charge in [0, 0.05) is 12.1 Å². The standard InChI is InChI=1S/C20H24N2O3S/c1-2-14-4-3-5-16(21-13-14)10-11-25-17-8-6-15(7-9-17)12-18-19(23)22-20(24)26-18/h4,6-9,18H,2-3,5,10-13H2,1H3,(H,22,23,24).